The van der Waals surface area contributed by atoms with Crippen molar-refractivity contribution in [3.63, 3.8) is 0 Å². The van der Waals surface area contributed by atoms with E-state index in [1.54, 1.807) is 0 Å². The predicted octanol–water partition coefficient (Wildman–Crippen LogP) is 4.93. The Morgan fingerprint density at radius 2 is 1.68 bits per heavy atom. The molecule has 2 heterocycles. The summed E-state index contributed by atoms with van der Waals surface area (Å²) in [5.41, 5.74) is 3.94. The first-order chi connectivity index (χ1) is 13.6. The fourth-order valence-electron chi connectivity index (χ4n) is 5.65. The van der Waals surface area contributed by atoms with Crippen molar-refractivity contribution in [2.24, 2.45) is 0 Å². The van der Waals surface area contributed by atoms with Crippen LogP contribution in [-0.2, 0) is 19.4 Å². The lowest BCUT2D eigenvalue weighted by Crippen LogP contribution is -2.61. The molecule has 5 nitrogen and oxygen atoms in total. The normalized spacial score (nSPS) is 19.9. The number of hydrogen-bond acceptors (Lipinski definition) is 5. The zero-order valence-electron chi connectivity index (χ0n) is 19.2. The van der Waals surface area contributed by atoms with E-state index in [-0.39, 0.29) is 47.3 Å². The van der Waals surface area contributed by atoms with Crippen LogP contribution in [0.15, 0.2) is 15.3 Å². The number of rotatable bonds is 3. The maximum atomic E-state index is 12.4. The molecule has 2 aliphatic rings. The van der Waals surface area contributed by atoms with Gasteiger partial charge in [0.2, 0.25) is 0 Å². The minimum atomic E-state index is -0.236. The number of nitrogens with one attached hydrogen (secondary N) is 2. The van der Waals surface area contributed by atoms with Gasteiger partial charge in [0, 0.05) is 45.7 Å². The van der Waals surface area contributed by atoms with Crippen molar-refractivity contribution < 1.29 is 9.52 Å². The Morgan fingerprint density at radius 3 is 2.29 bits per heavy atom. The van der Waals surface area contributed by atoms with E-state index in [0.717, 1.165) is 60.6 Å². The van der Waals surface area contributed by atoms with Crippen molar-refractivity contribution in [1.82, 2.24) is 10.6 Å². The SMILES string of the molecule is Cc1c(O)c(CNC2CC(C)(C)NC(C)(C)C2)cc2c3c(c(=O)oc12)CCCC3.Cl.Cl. The Labute approximate surface area is 197 Å². The van der Waals surface area contributed by atoms with Crippen LogP contribution in [0.5, 0.6) is 5.75 Å². The third kappa shape index (κ3) is 5.22. The average molecular weight is 471 g/mol. The third-order valence-corrected chi connectivity index (χ3v) is 6.57. The number of aryl methyl sites for hydroxylation is 2. The van der Waals surface area contributed by atoms with Gasteiger partial charge >= 0.3 is 5.63 Å². The van der Waals surface area contributed by atoms with Gasteiger partial charge in [-0.05, 0) is 84.8 Å². The summed E-state index contributed by atoms with van der Waals surface area (Å²) in [6, 6.07) is 2.41. The molecule has 174 valence electrons. The van der Waals surface area contributed by atoms with Gasteiger partial charge in [-0.3, -0.25) is 0 Å². The summed E-state index contributed by atoms with van der Waals surface area (Å²) in [4.78, 5) is 12.4. The van der Waals surface area contributed by atoms with Crippen LogP contribution in [0.25, 0.3) is 11.0 Å². The highest BCUT2D eigenvalue weighted by Gasteiger charge is 2.37. The Balaban J connectivity index is 0.00000171. The smallest absolute Gasteiger partial charge is 0.339 e. The molecule has 7 heteroatoms. The monoisotopic (exact) mass is 470 g/mol. The minimum absolute atomic E-state index is 0. The minimum Gasteiger partial charge on any atom is -0.507 e. The van der Waals surface area contributed by atoms with Gasteiger partial charge in [0.15, 0.2) is 0 Å². The summed E-state index contributed by atoms with van der Waals surface area (Å²) in [6.45, 7) is 11.4. The van der Waals surface area contributed by atoms with E-state index in [4.69, 9.17) is 4.42 Å². The molecule has 2 aromatic rings. The molecule has 0 radical (unpaired) electrons. The first kappa shape index (κ1) is 26.0. The highest BCUT2D eigenvalue weighted by Crippen LogP contribution is 2.35. The largest absolute Gasteiger partial charge is 0.507 e. The fraction of sp³-hybridized carbons (Fsp3) is 0.625. The number of piperidine rings is 1. The molecule has 1 aromatic heterocycles. The van der Waals surface area contributed by atoms with Crippen LogP contribution in [0.4, 0.5) is 0 Å². The lowest BCUT2D eigenvalue weighted by Gasteiger charge is -2.46. The van der Waals surface area contributed by atoms with Gasteiger partial charge in [-0.2, -0.15) is 0 Å². The van der Waals surface area contributed by atoms with Crippen LogP contribution in [0.3, 0.4) is 0 Å². The predicted molar refractivity (Wildman–Crippen MR) is 131 cm³/mol. The van der Waals surface area contributed by atoms with E-state index in [9.17, 15) is 9.90 Å². The Morgan fingerprint density at radius 1 is 1.10 bits per heavy atom. The zero-order chi connectivity index (χ0) is 21.0. The molecule has 0 bridgehead atoms. The van der Waals surface area contributed by atoms with Crippen LogP contribution in [0.2, 0.25) is 0 Å². The lowest BCUT2D eigenvalue weighted by atomic mass is 9.79. The second-order valence-corrected chi connectivity index (χ2v) is 10.3. The van der Waals surface area contributed by atoms with Crippen LogP contribution in [0.1, 0.15) is 75.6 Å². The number of aromatic hydroxyl groups is 1. The van der Waals surface area contributed by atoms with E-state index in [2.05, 4.69) is 38.3 Å². The summed E-state index contributed by atoms with van der Waals surface area (Å²) in [5, 5.41) is 19.2. The van der Waals surface area contributed by atoms with E-state index in [1.165, 1.54) is 0 Å². The molecule has 1 aliphatic heterocycles. The molecular weight excluding hydrogens is 435 g/mol. The molecule has 1 fully saturated rings. The summed E-state index contributed by atoms with van der Waals surface area (Å²) in [5.74, 6) is 0.233. The van der Waals surface area contributed by atoms with Crippen LogP contribution in [-0.4, -0.2) is 22.2 Å². The molecule has 0 spiro atoms. The molecule has 31 heavy (non-hydrogen) atoms. The second-order valence-electron chi connectivity index (χ2n) is 10.3. The highest BCUT2D eigenvalue weighted by molar-refractivity contribution is 5.87. The molecule has 0 amide bonds. The number of benzene rings is 1. The Hall–Kier alpha value is -1.27. The van der Waals surface area contributed by atoms with Gasteiger partial charge in [-0.15, -0.1) is 24.8 Å². The molecule has 3 N–H and O–H groups in total. The van der Waals surface area contributed by atoms with E-state index in [0.29, 0.717) is 23.7 Å². The molecular formula is C24H36Cl2N2O3. The molecule has 0 unspecified atom stereocenters. The van der Waals surface area contributed by atoms with Crippen LogP contribution >= 0.6 is 24.8 Å². The second kappa shape index (κ2) is 9.30. The Kier molecular flexibility index (Phi) is 7.80. The number of phenolic OH excluding ortho intramolecular Hbond substituents is 1. The highest BCUT2D eigenvalue weighted by atomic mass is 35.5. The van der Waals surface area contributed by atoms with Crippen molar-refractivity contribution in [2.75, 3.05) is 0 Å². The zero-order valence-corrected chi connectivity index (χ0v) is 20.8. The van der Waals surface area contributed by atoms with Gasteiger partial charge in [-0.1, -0.05) is 0 Å². The summed E-state index contributed by atoms with van der Waals surface area (Å²) in [6.07, 6.45) is 5.90. The number of fused-ring (bicyclic) bond motifs is 3. The van der Waals surface area contributed by atoms with Crippen LogP contribution in [0, 0.1) is 6.92 Å². The number of halogens is 2. The number of phenols is 1. The van der Waals surface area contributed by atoms with Crippen molar-refractivity contribution in [2.45, 2.75) is 96.8 Å². The number of hydrogen-bond donors (Lipinski definition) is 3. The maximum Gasteiger partial charge on any atom is 0.339 e. The summed E-state index contributed by atoms with van der Waals surface area (Å²) >= 11 is 0. The molecule has 0 saturated carbocycles. The summed E-state index contributed by atoms with van der Waals surface area (Å²) in [7, 11) is 0. The van der Waals surface area contributed by atoms with Gasteiger partial charge in [-0.25, -0.2) is 4.79 Å². The summed E-state index contributed by atoms with van der Waals surface area (Å²) < 4.78 is 5.63. The molecule has 1 saturated heterocycles. The van der Waals surface area contributed by atoms with Crippen molar-refractivity contribution in [1.29, 1.82) is 0 Å². The topological polar surface area (TPSA) is 74.5 Å². The maximum absolute atomic E-state index is 12.4. The van der Waals surface area contributed by atoms with Gasteiger partial charge in [0.05, 0.1) is 0 Å². The van der Waals surface area contributed by atoms with E-state index >= 15 is 0 Å². The third-order valence-electron chi connectivity index (χ3n) is 6.57. The quantitative estimate of drug-likeness (QED) is 0.554. The first-order valence-corrected chi connectivity index (χ1v) is 10.9. The van der Waals surface area contributed by atoms with E-state index < -0.39 is 0 Å². The first-order valence-electron chi connectivity index (χ1n) is 10.9. The van der Waals surface area contributed by atoms with E-state index in [1.807, 2.05) is 13.0 Å². The van der Waals surface area contributed by atoms with Crippen LogP contribution < -0.4 is 16.3 Å². The average Bonchev–Trinajstić information content (AvgIpc) is 2.62. The van der Waals surface area contributed by atoms with Crippen molar-refractivity contribution in [3.8, 4) is 5.75 Å². The van der Waals surface area contributed by atoms with Crippen molar-refractivity contribution in [3.05, 3.63) is 38.7 Å². The van der Waals surface area contributed by atoms with Crippen molar-refractivity contribution >= 4 is 35.8 Å². The molecule has 1 aromatic carbocycles. The fourth-order valence-corrected chi connectivity index (χ4v) is 5.65. The van der Waals surface area contributed by atoms with Gasteiger partial charge in [0.1, 0.15) is 11.3 Å². The Bertz CT molecular complexity index is 998. The lowest BCUT2D eigenvalue weighted by molar-refractivity contribution is 0.145. The molecule has 4 rings (SSSR count). The van der Waals surface area contributed by atoms with Gasteiger partial charge < -0.3 is 20.2 Å². The molecule has 0 atom stereocenters. The van der Waals surface area contributed by atoms with Gasteiger partial charge in [0.25, 0.3) is 0 Å². The molecule has 1 aliphatic carbocycles. The standard InChI is InChI=1S/C24H34N2O3.2ClH/c1-14-20(27)15(13-25-16-11-23(2,3)26-24(4,5)12-16)10-19-17-8-6-7-9-18(17)22(28)29-21(14)19;;/h10,16,25-27H,6-9,11-13H2,1-5H3;2*1H.